The second-order valence-corrected chi connectivity index (χ2v) is 2.61. The predicted octanol–water partition coefficient (Wildman–Crippen LogP) is -1.05. The van der Waals surface area contributed by atoms with Gasteiger partial charge in [-0.3, -0.25) is 4.79 Å². The number of nitrogens with zero attached hydrogens (tertiary/aromatic N) is 4. The molecule has 2 rings (SSSR count). The molecule has 0 spiro atoms. The van der Waals surface area contributed by atoms with Crippen molar-refractivity contribution in [2.75, 3.05) is 5.73 Å². The highest BCUT2D eigenvalue weighted by atomic mass is 16.5. The van der Waals surface area contributed by atoms with Gasteiger partial charge < -0.3 is 15.5 Å². The quantitative estimate of drug-likeness (QED) is 0.505. The van der Waals surface area contributed by atoms with Gasteiger partial charge in [0.15, 0.2) is 5.52 Å². The normalized spacial score (nSPS) is 10.8. The standard InChI is InChI=1S/C6H7N5O2/c1-10-2-8-4-3(10)5(12)9-6(7)11(4)13/h2,13H,1H3,(H2,7,9,12). The average molecular weight is 181 g/mol. The van der Waals surface area contributed by atoms with Crippen LogP contribution in [0.2, 0.25) is 0 Å². The Hall–Kier alpha value is -2.05. The molecule has 0 radical (unpaired) electrons. The van der Waals surface area contributed by atoms with Gasteiger partial charge in [-0.1, -0.05) is 0 Å². The van der Waals surface area contributed by atoms with Crippen LogP contribution >= 0.6 is 0 Å². The van der Waals surface area contributed by atoms with Crippen LogP contribution in [0.3, 0.4) is 0 Å². The highest BCUT2D eigenvalue weighted by Gasteiger charge is 2.11. The summed E-state index contributed by atoms with van der Waals surface area (Å²) in [7, 11) is 1.63. The van der Waals surface area contributed by atoms with E-state index < -0.39 is 5.56 Å². The minimum absolute atomic E-state index is 0.111. The lowest BCUT2D eigenvalue weighted by atomic mass is 10.5. The summed E-state index contributed by atoms with van der Waals surface area (Å²) in [6, 6.07) is 0. The molecule has 13 heavy (non-hydrogen) atoms. The van der Waals surface area contributed by atoms with Gasteiger partial charge in [0, 0.05) is 7.05 Å². The van der Waals surface area contributed by atoms with Crippen molar-refractivity contribution < 1.29 is 5.21 Å². The molecule has 0 fully saturated rings. The lowest BCUT2D eigenvalue weighted by molar-refractivity contribution is 0.199. The van der Waals surface area contributed by atoms with E-state index in [1.807, 2.05) is 0 Å². The van der Waals surface area contributed by atoms with E-state index in [0.29, 0.717) is 4.73 Å². The van der Waals surface area contributed by atoms with Crippen molar-refractivity contribution in [3.63, 3.8) is 0 Å². The second-order valence-electron chi connectivity index (χ2n) is 2.61. The topological polar surface area (TPSA) is 99.0 Å². The molecule has 0 aromatic carbocycles. The van der Waals surface area contributed by atoms with E-state index in [0.717, 1.165) is 0 Å². The summed E-state index contributed by atoms with van der Waals surface area (Å²) in [5.41, 5.74) is 5.08. The maximum atomic E-state index is 11.3. The van der Waals surface area contributed by atoms with Crippen molar-refractivity contribution in [1.82, 2.24) is 19.3 Å². The molecule has 0 saturated carbocycles. The Balaban J connectivity index is 3.08. The van der Waals surface area contributed by atoms with Gasteiger partial charge in [-0.05, 0) is 0 Å². The molecule has 0 aliphatic rings. The van der Waals surface area contributed by atoms with Crippen LogP contribution in [0.5, 0.6) is 0 Å². The highest BCUT2D eigenvalue weighted by molar-refractivity contribution is 5.70. The number of fused-ring (bicyclic) bond motifs is 1. The van der Waals surface area contributed by atoms with E-state index in [9.17, 15) is 10.0 Å². The third-order valence-electron chi connectivity index (χ3n) is 1.75. The molecule has 68 valence electrons. The number of imidazole rings is 1. The van der Waals surface area contributed by atoms with E-state index in [-0.39, 0.29) is 17.1 Å². The van der Waals surface area contributed by atoms with Crippen molar-refractivity contribution in [2.24, 2.45) is 7.05 Å². The summed E-state index contributed by atoms with van der Waals surface area (Å²) >= 11 is 0. The van der Waals surface area contributed by atoms with Crippen LogP contribution in [0.25, 0.3) is 11.2 Å². The minimum Gasteiger partial charge on any atom is -0.423 e. The molecule has 3 N–H and O–H groups in total. The van der Waals surface area contributed by atoms with Gasteiger partial charge in [-0.2, -0.15) is 4.98 Å². The highest BCUT2D eigenvalue weighted by Crippen LogP contribution is 2.06. The Bertz CT molecular complexity index is 526. The van der Waals surface area contributed by atoms with Crippen molar-refractivity contribution in [3.8, 4) is 0 Å². The Morgan fingerprint density at radius 3 is 3.00 bits per heavy atom. The van der Waals surface area contributed by atoms with Gasteiger partial charge in [0.25, 0.3) is 0 Å². The minimum atomic E-state index is -0.502. The van der Waals surface area contributed by atoms with Crippen LogP contribution in [-0.2, 0) is 7.05 Å². The van der Waals surface area contributed by atoms with E-state index in [2.05, 4.69) is 9.97 Å². The van der Waals surface area contributed by atoms with E-state index in [1.54, 1.807) is 7.05 Å². The number of anilines is 1. The van der Waals surface area contributed by atoms with E-state index >= 15 is 0 Å². The molecule has 7 heteroatoms. The molecule has 0 unspecified atom stereocenters. The first-order chi connectivity index (χ1) is 6.11. The first-order valence-electron chi connectivity index (χ1n) is 3.50. The Kier molecular flexibility index (Phi) is 1.30. The first-order valence-corrected chi connectivity index (χ1v) is 3.50. The third kappa shape index (κ3) is 0.866. The fourth-order valence-corrected chi connectivity index (χ4v) is 1.13. The van der Waals surface area contributed by atoms with Crippen LogP contribution < -0.4 is 11.3 Å². The summed E-state index contributed by atoms with van der Waals surface area (Å²) in [4.78, 5) is 18.5. The summed E-state index contributed by atoms with van der Waals surface area (Å²) in [5.74, 6) is -0.267. The maximum absolute atomic E-state index is 11.3. The molecule has 0 amide bonds. The number of rotatable bonds is 0. The third-order valence-corrected chi connectivity index (χ3v) is 1.75. The SMILES string of the molecule is Cn1cnc2c1c(=O)nc(N)n2O. The molecule has 0 saturated heterocycles. The predicted molar refractivity (Wildman–Crippen MR) is 44.4 cm³/mol. The van der Waals surface area contributed by atoms with Gasteiger partial charge in [0.1, 0.15) is 0 Å². The van der Waals surface area contributed by atoms with E-state index in [1.165, 1.54) is 10.9 Å². The molecule has 2 aromatic rings. The van der Waals surface area contributed by atoms with Crippen molar-refractivity contribution in [1.29, 1.82) is 0 Å². The molecular formula is C6H7N5O2. The molecular weight excluding hydrogens is 174 g/mol. The van der Waals surface area contributed by atoms with Crippen LogP contribution in [0.4, 0.5) is 5.95 Å². The second kappa shape index (κ2) is 2.22. The monoisotopic (exact) mass is 181 g/mol. The Morgan fingerprint density at radius 2 is 2.31 bits per heavy atom. The van der Waals surface area contributed by atoms with Gasteiger partial charge in [0.2, 0.25) is 11.6 Å². The number of hydrogen-bond donors (Lipinski definition) is 2. The fraction of sp³-hybridized carbons (Fsp3) is 0.167. The number of nitrogens with two attached hydrogens (primary N) is 1. The molecule has 0 aliphatic carbocycles. The molecule has 7 nitrogen and oxygen atoms in total. The lowest BCUT2D eigenvalue weighted by Crippen LogP contribution is -2.17. The number of nitrogen functional groups attached to an aromatic ring is 1. The van der Waals surface area contributed by atoms with Crippen LogP contribution in [0.1, 0.15) is 0 Å². The van der Waals surface area contributed by atoms with Crippen molar-refractivity contribution >= 4 is 17.1 Å². The van der Waals surface area contributed by atoms with E-state index in [4.69, 9.17) is 5.73 Å². The van der Waals surface area contributed by atoms with Crippen LogP contribution in [-0.4, -0.2) is 24.5 Å². The summed E-state index contributed by atoms with van der Waals surface area (Å²) in [6.45, 7) is 0. The lowest BCUT2D eigenvalue weighted by Gasteiger charge is -2.00. The summed E-state index contributed by atoms with van der Waals surface area (Å²) < 4.78 is 2.05. The summed E-state index contributed by atoms with van der Waals surface area (Å²) in [6.07, 6.45) is 1.40. The molecule has 0 bridgehead atoms. The Morgan fingerprint density at radius 1 is 1.62 bits per heavy atom. The maximum Gasteiger partial charge on any atom is 0.300 e. The fourth-order valence-electron chi connectivity index (χ4n) is 1.13. The van der Waals surface area contributed by atoms with Gasteiger partial charge in [0.05, 0.1) is 6.33 Å². The van der Waals surface area contributed by atoms with Crippen LogP contribution in [0.15, 0.2) is 11.1 Å². The molecule has 2 heterocycles. The molecule has 2 aromatic heterocycles. The molecule has 0 atom stereocenters. The number of hydrogen-bond acceptors (Lipinski definition) is 5. The van der Waals surface area contributed by atoms with Gasteiger partial charge >= 0.3 is 5.56 Å². The number of aromatic nitrogens is 4. The Labute approximate surface area is 72.0 Å². The van der Waals surface area contributed by atoms with Crippen LogP contribution in [0, 0.1) is 0 Å². The number of aryl methyl sites for hydroxylation is 1. The van der Waals surface area contributed by atoms with Gasteiger partial charge in [-0.25, -0.2) is 4.98 Å². The van der Waals surface area contributed by atoms with Crippen molar-refractivity contribution in [2.45, 2.75) is 0 Å². The molecule has 0 aliphatic heterocycles. The average Bonchev–Trinajstić information content (AvgIpc) is 2.44. The largest absolute Gasteiger partial charge is 0.423 e. The zero-order valence-corrected chi connectivity index (χ0v) is 6.80. The zero-order chi connectivity index (χ0) is 9.59. The first kappa shape index (κ1) is 7.59. The van der Waals surface area contributed by atoms with Crippen molar-refractivity contribution in [3.05, 3.63) is 16.7 Å². The van der Waals surface area contributed by atoms with Gasteiger partial charge in [-0.15, -0.1) is 4.73 Å². The smallest absolute Gasteiger partial charge is 0.300 e. The zero-order valence-electron chi connectivity index (χ0n) is 6.80. The summed E-state index contributed by atoms with van der Waals surface area (Å²) in [5, 5.41) is 9.31.